The molecule has 0 aliphatic carbocycles. The molecule has 5 rings (SSSR count). The maximum Gasteiger partial charge on any atom is 0.322 e. The highest BCUT2D eigenvalue weighted by Gasteiger charge is 2.29. The van der Waals surface area contributed by atoms with Gasteiger partial charge >= 0.3 is 6.03 Å². The fourth-order valence-corrected chi connectivity index (χ4v) is 5.88. The summed E-state index contributed by atoms with van der Waals surface area (Å²) in [6.07, 6.45) is 0.876. The number of fused-ring (bicyclic) bond motifs is 1. The van der Waals surface area contributed by atoms with Crippen molar-refractivity contribution in [2.75, 3.05) is 18.4 Å². The van der Waals surface area contributed by atoms with Crippen molar-refractivity contribution in [1.29, 1.82) is 0 Å². The summed E-state index contributed by atoms with van der Waals surface area (Å²) in [6, 6.07) is 21.8. The number of anilines is 1. The van der Waals surface area contributed by atoms with Gasteiger partial charge < -0.3 is 10.2 Å². The normalized spacial score (nSPS) is 15.5. The molecule has 0 radical (unpaired) electrons. The summed E-state index contributed by atoms with van der Waals surface area (Å²) in [6.45, 7) is 5.42. The monoisotopic (exact) mass is 500 g/mol. The van der Waals surface area contributed by atoms with Crippen LogP contribution in [0.4, 0.5) is 9.80 Å². The number of hydrogen-bond donors (Lipinski definition) is 2. The molecule has 1 saturated heterocycles. The van der Waals surface area contributed by atoms with Gasteiger partial charge in [0, 0.05) is 42.2 Å². The number of carbonyl (C=O) groups excluding carboxylic acids is 2. The van der Waals surface area contributed by atoms with Crippen molar-refractivity contribution in [3.8, 4) is 5.69 Å². The van der Waals surface area contributed by atoms with Crippen LogP contribution in [0, 0.1) is 0 Å². The SMILES string of the molecule is CC(C)N[C@H]1CCN(C(=O)Nc2sc3c(ccc(=O)n3-c3ccccc3)c2C(=O)c2ccccc2)C1. The number of ketones is 1. The summed E-state index contributed by atoms with van der Waals surface area (Å²) >= 11 is 1.25. The highest BCUT2D eigenvalue weighted by Crippen LogP contribution is 2.38. The van der Waals surface area contributed by atoms with Crippen LogP contribution in [0.2, 0.25) is 0 Å². The number of amides is 2. The van der Waals surface area contributed by atoms with E-state index in [0.717, 1.165) is 6.42 Å². The molecule has 0 saturated carbocycles. The average molecular weight is 501 g/mol. The predicted molar refractivity (Wildman–Crippen MR) is 145 cm³/mol. The van der Waals surface area contributed by atoms with E-state index in [1.54, 1.807) is 27.7 Å². The highest BCUT2D eigenvalue weighted by molar-refractivity contribution is 7.23. The van der Waals surface area contributed by atoms with Gasteiger partial charge in [-0.3, -0.25) is 19.5 Å². The van der Waals surface area contributed by atoms with Gasteiger partial charge in [0.1, 0.15) is 9.83 Å². The van der Waals surface area contributed by atoms with Crippen molar-refractivity contribution in [1.82, 2.24) is 14.8 Å². The number of likely N-dealkylation sites (tertiary alicyclic amines) is 1. The van der Waals surface area contributed by atoms with Gasteiger partial charge in [0.05, 0.1) is 11.3 Å². The Morgan fingerprint density at radius 2 is 1.67 bits per heavy atom. The summed E-state index contributed by atoms with van der Waals surface area (Å²) in [5.41, 5.74) is 1.42. The molecule has 1 atom stereocenters. The van der Waals surface area contributed by atoms with Gasteiger partial charge in [0.2, 0.25) is 0 Å². The largest absolute Gasteiger partial charge is 0.323 e. The molecule has 184 valence electrons. The van der Waals surface area contributed by atoms with Gasteiger partial charge in [-0.25, -0.2) is 4.79 Å². The second kappa shape index (κ2) is 10.1. The first-order chi connectivity index (χ1) is 17.4. The molecule has 3 heterocycles. The van der Waals surface area contributed by atoms with Crippen LogP contribution in [0.5, 0.6) is 0 Å². The van der Waals surface area contributed by atoms with Crippen LogP contribution in [0.25, 0.3) is 15.9 Å². The number of urea groups is 1. The minimum atomic E-state index is -0.245. The molecule has 2 amide bonds. The molecule has 4 aromatic rings. The van der Waals surface area contributed by atoms with Crippen LogP contribution >= 0.6 is 11.3 Å². The molecule has 0 unspecified atom stereocenters. The first-order valence-electron chi connectivity index (χ1n) is 12.1. The molecule has 2 N–H and O–H groups in total. The van der Waals surface area contributed by atoms with Gasteiger partial charge in [-0.1, -0.05) is 73.7 Å². The van der Waals surface area contributed by atoms with E-state index in [1.807, 2.05) is 48.5 Å². The summed E-state index contributed by atoms with van der Waals surface area (Å²) in [5, 5.41) is 7.57. The third kappa shape index (κ3) is 4.69. The van der Waals surface area contributed by atoms with Crippen LogP contribution in [0.1, 0.15) is 36.2 Å². The van der Waals surface area contributed by atoms with Crippen LogP contribution < -0.4 is 16.2 Å². The number of pyridine rings is 1. The van der Waals surface area contributed by atoms with E-state index < -0.39 is 0 Å². The topological polar surface area (TPSA) is 83.4 Å². The van der Waals surface area contributed by atoms with Crippen LogP contribution in [-0.2, 0) is 0 Å². The number of thiophene rings is 1. The number of hydrogen-bond acceptors (Lipinski definition) is 5. The van der Waals surface area contributed by atoms with Crippen LogP contribution in [0.15, 0.2) is 77.6 Å². The van der Waals surface area contributed by atoms with Gasteiger partial charge in [-0.15, -0.1) is 0 Å². The Labute approximate surface area is 213 Å². The zero-order valence-corrected chi connectivity index (χ0v) is 21.0. The standard InChI is InChI=1S/C28H28N4O3S/c1-18(2)29-20-15-16-31(17-20)28(35)30-26-24(25(34)19-9-5-3-6-10-19)22-13-14-23(33)32(27(22)36-26)21-11-7-4-8-12-21/h3-14,18,20,29H,15-17H2,1-2H3,(H,30,35)/t20-/m0/s1. The molecule has 7 nitrogen and oxygen atoms in total. The molecule has 0 bridgehead atoms. The lowest BCUT2D eigenvalue weighted by Gasteiger charge is -2.19. The third-order valence-electron chi connectivity index (χ3n) is 6.28. The fraction of sp³-hybridized carbons (Fsp3) is 0.250. The average Bonchev–Trinajstić information content (AvgIpc) is 3.48. The molecule has 2 aromatic carbocycles. The molecule has 36 heavy (non-hydrogen) atoms. The summed E-state index contributed by atoms with van der Waals surface area (Å²) in [7, 11) is 0. The van der Waals surface area contributed by atoms with E-state index in [1.165, 1.54) is 17.4 Å². The van der Waals surface area contributed by atoms with Crippen LogP contribution in [0.3, 0.4) is 0 Å². The number of para-hydroxylation sites is 1. The summed E-state index contributed by atoms with van der Waals surface area (Å²) < 4.78 is 1.59. The number of benzene rings is 2. The quantitative estimate of drug-likeness (QED) is 0.370. The lowest BCUT2D eigenvalue weighted by atomic mass is 10.0. The molecule has 1 aliphatic rings. The first-order valence-corrected chi connectivity index (χ1v) is 12.9. The predicted octanol–water partition coefficient (Wildman–Crippen LogP) is 4.89. The lowest BCUT2D eigenvalue weighted by Crippen LogP contribution is -2.39. The number of rotatable bonds is 6. The molecular formula is C28H28N4O3S. The Balaban J connectivity index is 1.58. The van der Waals surface area contributed by atoms with Crippen molar-refractivity contribution >= 4 is 38.4 Å². The number of nitrogens with zero attached hydrogens (tertiary/aromatic N) is 2. The minimum absolute atomic E-state index is 0.198. The Morgan fingerprint density at radius 3 is 2.36 bits per heavy atom. The summed E-state index contributed by atoms with van der Waals surface area (Å²) in [5.74, 6) is -0.198. The maximum absolute atomic E-state index is 13.7. The summed E-state index contributed by atoms with van der Waals surface area (Å²) in [4.78, 5) is 42.3. The van der Waals surface area contributed by atoms with Crippen molar-refractivity contribution in [3.63, 3.8) is 0 Å². The van der Waals surface area contributed by atoms with Crippen LogP contribution in [-0.4, -0.2) is 46.5 Å². The van der Waals surface area contributed by atoms with Crippen molar-refractivity contribution in [2.24, 2.45) is 0 Å². The van der Waals surface area contributed by atoms with E-state index in [0.29, 0.717) is 51.2 Å². The maximum atomic E-state index is 13.7. The number of aromatic nitrogens is 1. The zero-order valence-electron chi connectivity index (χ0n) is 20.2. The number of nitrogens with one attached hydrogen (secondary N) is 2. The first kappa shape index (κ1) is 24.0. The second-order valence-corrected chi connectivity index (χ2v) is 10.2. The van der Waals surface area contributed by atoms with Crippen molar-refractivity contribution < 1.29 is 9.59 Å². The van der Waals surface area contributed by atoms with Crippen molar-refractivity contribution in [3.05, 3.63) is 94.3 Å². The molecule has 2 aromatic heterocycles. The Morgan fingerprint density at radius 1 is 0.972 bits per heavy atom. The van der Waals surface area contributed by atoms with Crippen molar-refractivity contribution in [2.45, 2.75) is 32.4 Å². The lowest BCUT2D eigenvalue weighted by molar-refractivity contribution is 0.104. The van der Waals surface area contributed by atoms with Gasteiger partial charge in [0.25, 0.3) is 5.56 Å². The smallest absolute Gasteiger partial charge is 0.322 e. The van der Waals surface area contributed by atoms with Gasteiger partial charge in [-0.2, -0.15) is 0 Å². The fourth-order valence-electron chi connectivity index (χ4n) is 4.68. The minimum Gasteiger partial charge on any atom is -0.323 e. The van der Waals surface area contributed by atoms with E-state index in [9.17, 15) is 14.4 Å². The molecule has 1 fully saturated rings. The van der Waals surface area contributed by atoms with E-state index >= 15 is 0 Å². The third-order valence-corrected chi connectivity index (χ3v) is 7.39. The number of carbonyl (C=O) groups is 2. The van der Waals surface area contributed by atoms with Gasteiger partial charge in [-0.05, 0) is 24.6 Å². The molecular weight excluding hydrogens is 472 g/mol. The van der Waals surface area contributed by atoms with Gasteiger partial charge in [0.15, 0.2) is 5.78 Å². The molecule has 1 aliphatic heterocycles. The van der Waals surface area contributed by atoms with E-state index in [4.69, 9.17) is 0 Å². The Kier molecular flexibility index (Phi) is 6.71. The second-order valence-electron chi connectivity index (χ2n) is 9.25. The molecule has 0 spiro atoms. The van der Waals surface area contributed by atoms with E-state index in [2.05, 4.69) is 24.5 Å². The Bertz CT molecular complexity index is 1460. The highest BCUT2D eigenvalue weighted by atomic mass is 32.1. The Hall–Kier alpha value is -3.75. The zero-order chi connectivity index (χ0) is 25.2. The van der Waals surface area contributed by atoms with E-state index in [-0.39, 0.29) is 23.4 Å². The molecule has 8 heteroatoms.